The van der Waals surface area contributed by atoms with Gasteiger partial charge in [0.25, 0.3) is 0 Å². The second kappa shape index (κ2) is 11.5. The van der Waals surface area contributed by atoms with Crippen molar-refractivity contribution in [2.45, 2.75) is 40.6 Å². The minimum Gasteiger partial charge on any atom is -0.466 e. The van der Waals surface area contributed by atoms with E-state index in [9.17, 15) is 19.5 Å². The first-order valence-electron chi connectivity index (χ1n) is 12.5. The number of carbonyl (C=O) groups excluding carboxylic acids is 3. The van der Waals surface area contributed by atoms with Gasteiger partial charge in [-0.05, 0) is 19.8 Å². The molecule has 2 bridgehead atoms. The van der Waals surface area contributed by atoms with E-state index in [2.05, 4.69) is 27.4 Å². The van der Waals surface area contributed by atoms with Gasteiger partial charge in [-0.15, -0.1) is 18.3 Å². The number of likely N-dealkylation sites (tertiary alicyclic amines) is 1. The highest BCUT2D eigenvalue weighted by atomic mass is 79.9. The topological polar surface area (TPSA) is 99.6 Å². The van der Waals surface area contributed by atoms with E-state index in [4.69, 9.17) is 9.47 Å². The Morgan fingerprint density at radius 1 is 1.37 bits per heavy atom. The largest absolute Gasteiger partial charge is 0.466 e. The summed E-state index contributed by atoms with van der Waals surface area (Å²) in [4.78, 5) is 46.7. The Bertz CT molecular complexity index is 827. The summed E-state index contributed by atoms with van der Waals surface area (Å²) in [6.07, 6.45) is 2.73. The number of aliphatic hydroxyl groups is 1. The first-order valence-corrected chi connectivity index (χ1v) is 14.3. The van der Waals surface area contributed by atoms with Gasteiger partial charge in [-0.1, -0.05) is 22.0 Å². The van der Waals surface area contributed by atoms with Gasteiger partial charge in [-0.3, -0.25) is 19.3 Å². The summed E-state index contributed by atoms with van der Waals surface area (Å²) in [5.74, 6) is -1.82. The van der Waals surface area contributed by atoms with Crippen LogP contribution in [0.15, 0.2) is 12.7 Å². The van der Waals surface area contributed by atoms with Crippen LogP contribution in [0.5, 0.6) is 0 Å². The molecule has 0 aromatic rings. The third-order valence-electron chi connectivity index (χ3n) is 7.59. The predicted octanol–water partition coefficient (Wildman–Crippen LogP) is 0.743. The second-order valence-electron chi connectivity index (χ2n) is 9.55. The van der Waals surface area contributed by atoms with Crippen LogP contribution in [0, 0.1) is 11.8 Å². The summed E-state index contributed by atoms with van der Waals surface area (Å²) < 4.78 is 10.1. The monoisotopic (exact) mass is 573 g/mol. The normalized spacial score (nSPS) is 34.2. The lowest BCUT2D eigenvalue weighted by molar-refractivity contribution is -0.153. The molecule has 2 amide bonds. The molecule has 6 atom stereocenters. The van der Waals surface area contributed by atoms with Crippen LogP contribution in [-0.2, 0) is 23.9 Å². The molecular formula is C24H36BrN3O6S. The third-order valence-corrected chi connectivity index (χ3v) is 10.8. The predicted molar refractivity (Wildman–Crippen MR) is 136 cm³/mol. The zero-order chi connectivity index (χ0) is 25.2. The fourth-order valence-electron chi connectivity index (χ4n) is 6.11. The number of fused-ring (bicyclic) bond motifs is 1. The number of morpholine rings is 1. The van der Waals surface area contributed by atoms with Gasteiger partial charge < -0.3 is 24.4 Å². The Morgan fingerprint density at radius 3 is 2.77 bits per heavy atom. The average Bonchev–Trinajstić information content (AvgIpc) is 3.44. The summed E-state index contributed by atoms with van der Waals surface area (Å²) in [5, 5.41) is 9.38. The number of rotatable bonds is 11. The second-order valence-corrected chi connectivity index (χ2v) is 12.3. The van der Waals surface area contributed by atoms with Gasteiger partial charge in [0.05, 0.1) is 36.4 Å². The molecular weight excluding hydrogens is 538 g/mol. The number of aliphatic hydroxyl groups excluding tert-OH is 1. The molecule has 4 aliphatic heterocycles. The summed E-state index contributed by atoms with van der Waals surface area (Å²) >= 11 is 5.35. The van der Waals surface area contributed by atoms with Gasteiger partial charge in [-0.25, -0.2) is 0 Å². The van der Waals surface area contributed by atoms with Gasteiger partial charge in [0.2, 0.25) is 11.8 Å². The van der Waals surface area contributed by atoms with Crippen LogP contribution in [0.1, 0.15) is 19.8 Å². The van der Waals surface area contributed by atoms with Crippen LogP contribution < -0.4 is 0 Å². The lowest BCUT2D eigenvalue weighted by atomic mass is 9.71. The van der Waals surface area contributed by atoms with Crippen molar-refractivity contribution >= 4 is 45.5 Å². The number of alkyl halides is 1. The average molecular weight is 575 g/mol. The van der Waals surface area contributed by atoms with Crippen molar-refractivity contribution in [3.8, 4) is 0 Å². The van der Waals surface area contributed by atoms with Gasteiger partial charge >= 0.3 is 5.97 Å². The number of ether oxygens (including phenoxy) is 2. The lowest BCUT2D eigenvalue weighted by Crippen LogP contribution is -2.56. The van der Waals surface area contributed by atoms with E-state index in [0.29, 0.717) is 39.1 Å². The van der Waals surface area contributed by atoms with E-state index >= 15 is 0 Å². The zero-order valence-corrected chi connectivity index (χ0v) is 22.7. The number of hydrogen-bond donors (Lipinski definition) is 1. The minimum atomic E-state index is -0.696. The first-order chi connectivity index (χ1) is 16.9. The zero-order valence-electron chi connectivity index (χ0n) is 20.3. The van der Waals surface area contributed by atoms with Crippen LogP contribution in [0.3, 0.4) is 0 Å². The van der Waals surface area contributed by atoms with Crippen LogP contribution >= 0.6 is 27.7 Å². The SMILES string of the molecule is C=CCN(CCN1CCOCC1)C(=O)C1N(CCCO)C(=O)[C@@H]2[C@H](C(=O)OCC)[C@H]3SC12CC3Br. The van der Waals surface area contributed by atoms with Crippen LogP contribution in [0.2, 0.25) is 0 Å². The Kier molecular flexibility index (Phi) is 8.84. The molecule has 4 heterocycles. The van der Waals surface area contributed by atoms with Crippen molar-refractivity contribution in [1.82, 2.24) is 14.7 Å². The molecule has 1 N–H and O–H groups in total. The molecule has 0 aromatic heterocycles. The van der Waals surface area contributed by atoms with Crippen LogP contribution in [-0.4, -0.2) is 124 Å². The summed E-state index contributed by atoms with van der Waals surface area (Å²) in [6, 6.07) is -0.689. The number of carbonyl (C=O) groups is 3. The van der Waals surface area contributed by atoms with Gasteiger partial charge in [-0.2, -0.15) is 0 Å². The number of amides is 2. The maximum absolute atomic E-state index is 14.2. The molecule has 11 heteroatoms. The van der Waals surface area contributed by atoms with E-state index < -0.39 is 22.6 Å². The molecule has 0 radical (unpaired) electrons. The molecule has 1 spiro atoms. The highest BCUT2D eigenvalue weighted by Gasteiger charge is 2.76. The number of halogens is 1. The molecule has 3 unspecified atom stereocenters. The molecule has 4 rings (SSSR count). The fraction of sp³-hybridized carbons (Fsp3) is 0.792. The van der Waals surface area contributed by atoms with E-state index in [1.54, 1.807) is 34.6 Å². The molecule has 4 aliphatic rings. The molecule has 4 fully saturated rings. The maximum Gasteiger partial charge on any atom is 0.310 e. The number of thioether (sulfide) groups is 1. The first kappa shape index (κ1) is 26.9. The molecule has 0 aromatic carbocycles. The van der Waals surface area contributed by atoms with Crippen molar-refractivity contribution in [3.63, 3.8) is 0 Å². The maximum atomic E-state index is 14.2. The van der Waals surface area contributed by atoms with Crippen LogP contribution in [0.4, 0.5) is 0 Å². The molecule has 9 nitrogen and oxygen atoms in total. The highest BCUT2D eigenvalue weighted by Crippen LogP contribution is 2.68. The van der Waals surface area contributed by atoms with E-state index in [1.165, 1.54) is 0 Å². The number of esters is 1. The van der Waals surface area contributed by atoms with Gasteiger partial charge in [0.1, 0.15) is 6.04 Å². The lowest BCUT2D eigenvalue weighted by Gasteiger charge is -2.38. The van der Waals surface area contributed by atoms with Crippen molar-refractivity contribution in [2.24, 2.45) is 11.8 Å². The standard InChI is InChI=1S/C24H36BrN3O6S/c1-3-6-27(9-8-26-10-13-33-14-11-26)22(31)20-24-15-16(25)19(35-24)17(23(32)34-4-2)18(24)21(30)28(20)7-5-12-29/h3,16-20,29H,1,4-15H2,2H3/t16?,17-,18-,19-,20?,24?/m0/s1. The molecule has 0 saturated carbocycles. The van der Waals surface area contributed by atoms with Gasteiger partial charge in [0.15, 0.2) is 0 Å². The molecule has 0 aliphatic carbocycles. The van der Waals surface area contributed by atoms with Crippen molar-refractivity contribution in [3.05, 3.63) is 12.7 Å². The minimum absolute atomic E-state index is 0.0141. The number of hydrogen-bond acceptors (Lipinski definition) is 8. The highest BCUT2D eigenvalue weighted by molar-refractivity contribution is 9.09. The van der Waals surface area contributed by atoms with Crippen LogP contribution in [0.25, 0.3) is 0 Å². The van der Waals surface area contributed by atoms with Crippen molar-refractivity contribution < 1.29 is 29.0 Å². The smallest absolute Gasteiger partial charge is 0.310 e. The molecule has 196 valence electrons. The quantitative estimate of drug-likeness (QED) is 0.219. The number of nitrogens with zero attached hydrogens (tertiary/aromatic N) is 3. The molecule has 35 heavy (non-hydrogen) atoms. The fourth-order valence-corrected chi connectivity index (χ4v) is 9.70. The Labute approximate surface area is 219 Å². The third kappa shape index (κ3) is 4.91. The van der Waals surface area contributed by atoms with E-state index in [-0.39, 0.29) is 47.6 Å². The Balaban J connectivity index is 1.63. The Morgan fingerprint density at radius 2 is 2.11 bits per heavy atom. The Hall–Kier alpha value is -1.14. The summed E-state index contributed by atoms with van der Waals surface area (Å²) in [7, 11) is 0. The van der Waals surface area contributed by atoms with E-state index in [1.807, 2.05) is 0 Å². The summed E-state index contributed by atoms with van der Waals surface area (Å²) in [5.41, 5.74) is 0. The summed E-state index contributed by atoms with van der Waals surface area (Å²) in [6.45, 7) is 10.7. The van der Waals surface area contributed by atoms with Gasteiger partial charge in [0, 0.05) is 56.0 Å². The van der Waals surface area contributed by atoms with Crippen molar-refractivity contribution in [2.75, 3.05) is 65.7 Å². The van der Waals surface area contributed by atoms with Crippen molar-refractivity contribution in [1.29, 1.82) is 0 Å². The van der Waals surface area contributed by atoms with E-state index in [0.717, 1.165) is 19.6 Å². The molecule has 4 saturated heterocycles.